The molecule has 0 aliphatic carbocycles. The largest absolute Gasteiger partial charge is 0.352 e. The summed E-state index contributed by atoms with van der Waals surface area (Å²) < 4.78 is 1.60. The lowest BCUT2D eigenvalue weighted by molar-refractivity contribution is -0.116. The zero-order chi connectivity index (χ0) is 13.8. The molecule has 0 spiro atoms. The van der Waals surface area contributed by atoms with Gasteiger partial charge in [-0.1, -0.05) is 6.08 Å². The number of carbonyl (C=O) groups is 1. The fourth-order valence-electron chi connectivity index (χ4n) is 1.78. The van der Waals surface area contributed by atoms with E-state index >= 15 is 0 Å². The topological polar surface area (TPSA) is 63.5 Å². The summed E-state index contributed by atoms with van der Waals surface area (Å²) >= 11 is 1.44. The lowest BCUT2D eigenvalue weighted by Gasteiger charge is -2.02. The van der Waals surface area contributed by atoms with Gasteiger partial charge in [0.25, 0.3) is 5.56 Å². The van der Waals surface area contributed by atoms with E-state index < -0.39 is 0 Å². The monoisotopic (exact) mass is 277 g/mol. The highest BCUT2D eigenvalue weighted by Crippen LogP contribution is 2.12. The van der Waals surface area contributed by atoms with Crippen molar-refractivity contribution in [2.24, 2.45) is 0 Å². The average molecular weight is 277 g/mol. The van der Waals surface area contributed by atoms with Crippen LogP contribution in [0.15, 0.2) is 28.4 Å². The van der Waals surface area contributed by atoms with Crippen LogP contribution in [0.2, 0.25) is 0 Å². The minimum atomic E-state index is -0.122. The molecule has 0 saturated heterocycles. The van der Waals surface area contributed by atoms with Gasteiger partial charge in [-0.25, -0.2) is 4.98 Å². The third-order valence-electron chi connectivity index (χ3n) is 2.60. The molecule has 1 N–H and O–H groups in total. The number of rotatable bonds is 4. The number of hydrogen-bond donors (Lipinski definition) is 1. The van der Waals surface area contributed by atoms with E-state index in [1.165, 1.54) is 23.5 Å². The molecule has 0 atom stereocenters. The Morgan fingerprint density at radius 3 is 3.11 bits per heavy atom. The Kier molecular flexibility index (Phi) is 4.11. The van der Waals surface area contributed by atoms with Crippen molar-refractivity contribution >= 4 is 22.2 Å². The van der Waals surface area contributed by atoms with E-state index in [4.69, 9.17) is 0 Å². The predicted molar refractivity (Wildman–Crippen MR) is 75.6 cm³/mol. The summed E-state index contributed by atoms with van der Waals surface area (Å²) in [7, 11) is 0. The molecule has 0 aliphatic rings. The lowest BCUT2D eigenvalue weighted by Crippen LogP contribution is -2.25. The summed E-state index contributed by atoms with van der Waals surface area (Å²) in [6.45, 7) is 4.09. The minimum absolute atomic E-state index is 0.0708. The maximum Gasteiger partial charge on any atom is 0.258 e. The smallest absolute Gasteiger partial charge is 0.258 e. The SMILES string of the molecule is C/C=C\C(=O)NCCc1csc2nc(C)cc(=O)n12. The third-order valence-corrected chi connectivity index (χ3v) is 3.48. The molecule has 100 valence electrons. The normalized spacial score (nSPS) is 11.3. The van der Waals surface area contributed by atoms with Crippen molar-refractivity contribution in [1.82, 2.24) is 14.7 Å². The van der Waals surface area contributed by atoms with Crippen LogP contribution in [0.4, 0.5) is 0 Å². The first-order valence-electron chi connectivity index (χ1n) is 5.99. The fraction of sp³-hybridized carbons (Fsp3) is 0.308. The van der Waals surface area contributed by atoms with Crippen LogP contribution in [0.3, 0.4) is 0 Å². The zero-order valence-electron chi connectivity index (χ0n) is 10.8. The van der Waals surface area contributed by atoms with Gasteiger partial charge in [0.15, 0.2) is 4.96 Å². The van der Waals surface area contributed by atoms with Gasteiger partial charge in [-0.05, 0) is 19.9 Å². The van der Waals surface area contributed by atoms with E-state index in [2.05, 4.69) is 10.3 Å². The van der Waals surface area contributed by atoms with Crippen molar-refractivity contribution in [3.05, 3.63) is 45.3 Å². The number of nitrogens with one attached hydrogen (secondary N) is 1. The highest BCUT2D eigenvalue weighted by molar-refractivity contribution is 7.15. The van der Waals surface area contributed by atoms with Crippen molar-refractivity contribution in [3.63, 3.8) is 0 Å². The summed E-state index contributed by atoms with van der Waals surface area (Å²) in [6, 6.07) is 1.52. The Bertz CT molecular complexity index is 685. The van der Waals surface area contributed by atoms with E-state index in [0.717, 1.165) is 11.4 Å². The molecule has 0 unspecified atom stereocenters. The van der Waals surface area contributed by atoms with Crippen LogP contribution in [0.1, 0.15) is 18.3 Å². The third kappa shape index (κ3) is 3.08. The molecular formula is C13H15N3O2S. The van der Waals surface area contributed by atoms with Crippen molar-refractivity contribution in [2.75, 3.05) is 6.54 Å². The molecular weight excluding hydrogens is 262 g/mol. The number of nitrogens with zero attached hydrogens (tertiary/aromatic N) is 2. The number of hydrogen-bond acceptors (Lipinski definition) is 4. The summed E-state index contributed by atoms with van der Waals surface area (Å²) in [4.78, 5) is 28.2. The van der Waals surface area contributed by atoms with Crippen molar-refractivity contribution in [3.8, 4) is 0 Å². The predicted octanol–water partition coefficient (Wildman–Crippen LogP) is 1.30. The number of amides is 1. The molecule has 5 nitrogen and oxygen atoms in total. The number of aryl methyl sites for hydroxylation is 1. The van der Waals surface area contributed by atoms with Gasteiger partial charge in [0.1, 0.15) is 0 Å². The molecule has 0 bridgehead atoms. The van der Waals surface area contributed by atoms with E-state index in [9.17, 15) is 9.59 Å². The Morgan fingerprint density at radius 1 is 1.58 bits per heavy atom. The first-order valence-corrected chi connectivity index (χ1v) is 6.87. The maximum atomic E-state index is 11.9. The van der Waals surface area contributed by atoms with Crippen molar-refractivity contribution < 1.29 is 4.79 Å². The zero-order valence-corrected chi connectivity index (χ0v) is 11.7. The molecule has 0 radical (unpaired) electrons. The summed E-state index contributed by atoms with van der Waals surface area (Å²) in [6.07, 6.45) is 3.77. The first kappa shape index (κ1) is 13.5. The molecule has 2 heterocycles. The number of allylic oxidation sites excluding steroid dienone is 1. The quantitative estimate of drug-likeness (QED) is 0.857. The molecule has 19 heavy (non-hydrogen) atoms. The van der Waals surface area contributed by atoms with Crippen LogP contribution in [-0.2, 0) is 11.2 Å². The molecule has 2 aromatic heterocycles. The van der Waals surface area contributed by atoms with Gasteiger partial charge in [-0.15, -0.1) is 11.3 Å². The highest BCUT2D eigenvalue weighted by atomic mass is 32.1. The molecule has 6 heteroatoms. The van der Waals surface area contributed by atoms with Gasteiger partial charge in [-0.2, -0.15) is 0 Å². The number of thiazole rings is 1. The average Bonchev–Trinajstić information content (AvgIpc) is 2.72. The van der Waals surface area contributed by atoms with E-state index in [-0.39, 0.29) is 11.5 Å². The Balaban J connectivity index is 2.14. The summed E-state index contributed by atoms with van der Waals surface area (Å²) in [5.74, 6) is -0.122. The molecule has 0 fully saturated rings. The van der Waals surface area contributed by atoms with Gasteiger partial charge in [0.05, 0.1) is 0 Å². The highest BCUT2D eigenvalue weighted by Gasteiger charge is 2.07. The molecule has 0 aliphatic heterocycles. The fourth-order valence-corrected chi connectivity index (χ4v) is 2.76. The summed E-state index contributed by atoms with van der Waals surface area (Å²) in [5, 5.41) is 4.67. The van der Waals surface area contributed by atoms with Crippen LogP contribution in [0.5, 0.6) is 0 Å². The Labute approximate surface area is 114 Å². The van der Waals surface area contributed by atoms with Crippen LogP contribution >= 0.6 is 11.3 Å². The Hall–Kier alpha value is -1.95. The van der Waals surface area contributed by atoms with E-state index in [0.29, 0.717) is 17.9 Å². The number of aromatic nitrogens is 2. The van der Waals surface area contributed by atoms with Gasteiger partial charge in [0.2, 0.25) is 5.91 Å². The standard InChI is InChI=1S/C13H15N3O2S/c1-3-4-11(17)14-6-5-10-8-19-13-15-9(2)7-12(18)16(10)13/h3-4,7-8H,5-6H2,1-2H3,(H,14,17)/b4-3-. The van der Waals surface area contributed by atoms with Crippen molar-refractivity contribution in [2.45, 2.75) is 20.3 Å². The molecule has 0 aromatic carbocycles. The molecule has 1 amide bonds. The number of carbonyl (C=O) groups excluding carboxylic acids is 1. The molecule has 0 saturated carbocycles. The Morgan fingerprint density at radius 2 is 2.37 bits per heavy atom. The van der Waals surface area contributed by atoms with Gasteiger partial charge >= 0.3 is 0 Å². The van der Waals surface area contributed by atoms with Crippen LogP contribution in [0.25, 0.3) is 4.96 Å². The maximum absolute atomic E-state index is 11.9. The van der Waals surface area contributed by atoms with Crippen LogP contribution < -0.4 is 10.9 Å². The summed E-state index contributed by atoms with van der Waals surface area (Å²) in [5.41, 5.74) is 1.52. The van der Waals surface area contributed by atoms with Gasteiger partial charge in [-0.3, -0.25) is 14.0 Å². The molecule has 2 aromatic rings. The van der Waals surface area contributed by atoms with E-state index in [1.807, 2.05) is 5.38 Å². The van der Waals surface area contributed by atoms with Crippen LogP contribution in [-0.4, -0.2) is 21.8 Å². The second kappa shape index (κ2) is 5.79. The number of fused-ring (bicyclic) bond motifs is 1. The van der Waals surface area contributed by atoms with Gasteiger partial charge < -0.3 is 5.32 Å². The first-order chi connectivity index (χ1) is 9.11. The van der Waals surface area contributed by atoms with Crippen LogP contribution in [0, 0.1) is 6.92 Å². The second-order valence-electron chi connectivity index (χ2n) is 4.12. The van der Waals surface area contributed by atoms with Gasteiger partial charge in [0, 0.05) is 35.8 Å². The van der Waals surface area contributed by atoms with E-state index in [1.54, 1.807) is 24.3 Å². The molecule has 2 rings (SSSR count). The van der Waals surface area contributed by atoms with Crippen molar-refractivity contribution in [1.29, 1.82) is 0 Å². The second-order valence-corrected chi connectivity index (χ2v) is 4.96. The minimum Gasteiger partial charge on any atom is -0.352 e. The lowest BCUT2D eigenvalue weighted by atomic mass is 10.3.